The quantitative estimate of drug-likeness (QED) is 0.478. The molecule has 7 heteroatoms. The lowest BCUT2D eigenvalue weighted by atomic mass is 10.2. The molecule has 0 aliphatic rings. The number of likely N-dealkylation sites (N-methyl/N-ethyl adjacent to an activating group) is 1. The Hall–Kier alpha value is -3.22. The molecule has 0 aromatic heterocycles. The molecule has 2 aromatic rings. The van der Waals surface area contributed by atoms with Gasteiger partial charge in [-0.15, -0.1) is 0 Å². The summed E-state index contributed by atoms with van der Waals surface area (Å²) < 4.78 is 5.12. The lowest BCUT2D eigenvalue weighted by molar-refractivity contribution is -0.384. The smallest absolute Gasteiger partial charge is 0.339 e. The van der Waals surface area contributed by atoms with Crippen LogP contribution in [-0.4, -0.2) is 30.0 Å². The number of carbonyl (C=O) groups excluding carboxylic acids is 2. The van der Waals surface area contributed by atoms with E-state index in [-0.39, 0.29) is 11.3 Å². The molecule has 0 aliphatic heterocycles. The molecule has 0 heterocycles. The van der Waals surface area contributed by atoms with Crippen molar-refractivity contribution >= 4 is 23.3 Å². The van der Waals surface area contributed by atoms with Crippen LogP contribution >= 0.6 is 0 Å². The number of hydrogen-bond donors (Lipinski definition) is 0. The summed E-state index contributed by atoms with van der Waals surface area (Å²) in [6.07, 6.45) is -1.03. The van der Waals surface area contributed by atoms with Gasteiger partial charge in [-0.1, -0.05) is 24.3 Å². The van der Waals surface area contributed by atoms with E-state index in [0.717, 1.165) is 6.07 Å². The number of para-hydroxylation sites is 1. The van der Waals surface area contributed by atoms with Crippen LogP contribution < -0.4 is 4.90 Å². The van der Waals surface area contributed by atoms with Gasteiger partial charge >= 0.3 is 5.97 Å². The summed E-state index contributed by atoms with van der Waals surface area (Å²) in [5.41, 5.74) is 0.469. The second-order valence-corrected chi connectivity index (χ2v) is 5.09. The number of rotatable bonds is 5. The molecule has 24 heavy (non-hydrogen) atoms. The number of anilines is 1. The van der Waals surface area contributed by atoms with E-state index in [0.29, 0.717) is 5.69 Å². The molecule has 2 aromatic carbocycles. The fraction of sp³-hybridized carbons (Fsp3) is 0.176. The van der Waals surface area contributed by atoms with Gasteiger partial charge in [0.25, 0.3) is 11.6 Å². The third kappa shape index (κ3) is 3.95. The highest BCUT2D eigenvalue weighted by molar-refractivity contribution is 5.98. The summed E-state index contributed by atoms with van der Waals surface area (Å²) in [4.78, 5) is 35.9. The van der Waals surface area contributed by atoms with Crippen LogP contribution in [0.1, 0.15) is 17.3 Å². The van der Waals surface area contributed by atoms with Crippen molar-refractivity contribution in [3.8, 4) is 0 Å². The van der Waals surface area contributed by atoms with Gasteiger partial charge < -0.3 is 9.64 Å². The van der Waals surface area contributed by atoms with E-state index in [1.807, 2.05) is 6.07 Å². The van der Waals surface area contributed by atoms with Crippen molar-refractivity contribution in [2.24, 2.45) is 0 Å². The number of esters is 1. The van der Waals surface area contributed by atoms with E-state index >= 15 is 0 Å². The fourth-order valence-electron chi connectivity index (χ4n) is 2.08. The van der Waals surface area contributed by atoms with Crippen molar-refractivity contribution in [3.63, 3.8) is 0 Å². The third-order valence-corrected chi connectivity index (χ3v) is 3.40. The number of carbonyl (C=O) groups is 2. The molecular weight excluding hydrogens is 312 g/mol. The molecular formula is C17H16N2O5. The van der Waals surface area contributed by atoms with Crippen LogP contribution in [-0.2, 0) is 9.53 Å². The monoisotopic (exact) mass is 328 g/mol. The van der Waals surface area contributed by atoms with Crippen molar-refractivity contribution < 1.29 is 19.2 Å². The predicted molar refractivity (Wildman–Crippen MR) is 87.8 cm³/mol. The van der Waals surface area contributed by atoms with E-state index in [9.17, 15) is 19.7 Å². The second-order valence-electron chi connectivity index (χ2n) is 5.09. The van der Waals surface area contributed by atoms with Crippen LogP contribution in [0.15, 0.2) is 54.6 Å². The number of benzene rings is 2. The minimum atomic E-state index is -1.03. The standard InChI is InChI=1S/C17H16N2O5/c1-12(16(20)18(2)14-8-4-3-5-9-14)24-17(21)13-7-6-10-15(11-13)19(22)23/h3-12H,1-2H3/t12-/m1/s1. The molecule has 0 fully saturated rings. The normalized spacial score (nSPS) is 11.4. The molecule has 0 radical (unpaired) electrons. The summed E-state index contributed by atoms with van der Waals surface area (Å²) in [6, 6.07) is 14.1. The Kier molecular flexibility index (Phi) is 5.26. The maximum absolute atomic E-state index is 12.3. The average Bonchev–Trinajstić information content (AvgIpc) is 2.61. The number of hydrogen-bond acceptors (Lipinski definition) is 5. The lowest BCUT2D eigenvalue weighted by Gasteiger charge is -2.21. The van der Waals surface area contributed by atoms with Crippen LogP contribution in [0.2, 0.25) is 0 Å². The zero-order valence-electron chi connectivity index (χ0n) is 13.2. The van der Waals surface area contributed by atoms with E-state index in [2.05, 4.69) is 0 Å². The molecule has 0 saturated heterocycles. The number of nitro groups is 1. The van der Waals surface area contributed by atoms with Crippen molar-refractivity contribution in [2.75, 3.05) is 11.9 Å². The second kappa shape index (κ2) is 7.36. The molecule has 1 atom stereocenters. The van der Waals surface area contributed by atoms with E-state index in [1.165, 1.54) is 30.0 Å². The average molecular weight is 328 g/mol. The Bertz CT molecular complexity index is 761. The van der Waals surface area contributed by atoms with Crippen LogP contribution in [0, 0.1) is 10.1 Å². The Morgan fingerprint density at radius 3 is 2.42 bits per heavy atom. The Morgan fingerprint density at radius 1 is 1.12 bits per heavy atom. The molecule has 2 rings (SSSR count). The summed E-state index contributed by atoms with van der Waals surface area (Å²) in [7, 11) is 1.58. The van der Waals surface area contributed by atoms with Crippen LogP contribution in [0.4, 0.5) is 11.4 Å². The zero-order chi connectivity index (χ0) is 17.7. The maximum Gasteiger partial charge on any atom is 0.339 e. The first-order valence-corrected chi connectivity index (χ1v) is 7.18. The van der Waals surface area contributed by atoms with Gasteiger partial charge in [0, 0.05) is 24.9 Å². The van der Waals surface area contributed by atoms with Crippen molar-refractivity contribution in [1.29, 1.82) is 0 Å². The van der Waals surface area contributed by atoms with Crippen LogP contribution in [0.25, 0.3) is 0 Å². The molecule has 0 spiro atoms. The molecule has 124 valence electrons. The van der Waals surface area contributed by atoms with Crippen molar-refractivity contribution in [2.45, 2.75) is 13.0 Å². The van der Waals surface area contributed by atoms with Gasteiger partial charge in [-0.2, -0.15) is 0 Å². The lowest BCUT2D eigenvalue weighted by Crippen LogP contribution is -2.37. The molecule has 0 saturated carbocycles. The van der Waals surface area contributed by atoms with Crippen molar-refractivity contribution in [3.05, 3.63) is 70.3 Å². The van der Waals surface area contributed by atoms with Gasteiger partial charge in [0.1, 0.15) is 0 Å². The number of non-ortho nitro benzene ring substituents is 1. The third-order valence-electron chi connectivity index (χ3n) is 3.40. The molecule has 1 amide bonds. The van der Waals surface area contributed by atoms with Gasteiger partial charge in [-0.3, -0.25) is 14.9 Å². The first-order chi connectivity index (χ1) is 11.4. The van der Waals surface area contributed by atoms with Gasteiger partial charge in [-0.25, -0.2) is 4.79 Å². The van der Waals surface area contributed by atoms with E-state index in [4.69, 9.17) is 4.74 Å². The number of nitro benzene ring substituents is 1. The summed E-state index contributed by atoms with van der Waals surface area (Å²) in [6.45, 7) is 1.46. The number of amides is 1. The zero-order valence-corrected chi connectivity index (χ0v) is 13.2. The number of nitrogens with zero attached hydrogens (tertiary/aromatic N) is 2. The first kappa shape index (κ1) is 17.1. The van der Waals surface area contributed by atoms with Gasteiger partial charge in [-0.05, 0) is 25.1 Å². The van der Waals surface area contributed by atoms with Gasteiger partial charge in [0.15, 0.2) is 6.10 Å². The SMILES string of the molecule is C[C@@H](OC(=O)c1cccc([N+](=O)[O-])c1)C(=O)N(C)c1ccccc1. The molecule has 0 bridgehead atoms. The summed E-state index contributed by atoms with van der Waals surface area (Å²) in [5.74, 6) is -1.19. The highest BCUT2D eigenvalue weighted by atomic mass is 16.6. The van der Waals surface area contributed by atoms with E-state index in [1.54, 1.807) is 31.3 Å². The summed E-state index contributed by atoms with van der Waals surface area (Å²) in [5, 5.41) is 10.7. The van der Waals surface area contributed by atoms with Crippen molar-refractivity contribution in [1.82, 2.24) is 0 Å². The highest BCUT2D eigenvalue weighted by Gasteiger charge is 2.23. The largest absolute Gasteiger partial charge is 0.449 e. The van der Waals surface area contributed by atoms with E-state index < -0.39 is 22.9 Å². The Labute approximate surface area is 138 Å². The molecule has 7 nitrogen and oxygen atoms in total. The first-order valence-electron chi connectivity index (χ1n) is 7.18. The maximum atomic E-state index is 12.3. The van der Waals surface area contributed by atoms with Crippen LogP contribution in [0.3, 0.4) is 0 Å². The Balaban J connectivity index is 2.07. The van der Waals surface area contributed by atoms with Gasteiger partial charge in [0.2, 0.25) is 0 Å². The van der Waals surface area contributed by atoms with Crippen LogP contribution in [0.5, 0.6) is 0 Å². The molecule has 0 aliphatic carbocycles. The highest BCUT2D eigenvalue weighted by Crippen LogP contribution is 2.16. The minimum Gasteiger partial charge on any atom is -0.449 e. The van der Waals surface area contributed by atoms with Gasteiger partial charge in [0.05, 0.1) is 10.5 Å². The predicted octanol–water partition coefficient (Wildman–Crippen LogP) is 2.80. The minimum absolute atomic E-state index is 0.0196. The Morgan fingerprint density at radius 2 is 1.79 bits per heavy atom. The fourth-order valence-corrected chi connectivity index (χ4v) is 2.08. The topological polar surface area (TPSA) is 89.7 Å². The molecule has 0 unspecified atom stereocenters. The molecule has 0 N–H and O–H groups in total. The summed E-state index contributed by atoms with van der Waals surface area (Å²) >= 11 is 0. The number of ether oxygens (including phenoxy) is 1.